The number of hydrogen-bond donors (Lipinski definition) is 0. The van der Waals surface area contributed by atoms with E-state index in [1.807, 2.05) is 0 Å². The largest absolute Gasteiger partial charge is 0.419 e. The first-order valence-corrected chi connectivity index (χ1v) is 9.45. The van der Waals surface area contributed by atoms with Crippen molar-refractivity contribution >= 4 is 27.5 Å². The van der Waals surface area contributed by atoms with Crippen molar-refractivity contribution in [3.63, 3.8) is 0 Å². The Kier molecular flexibility index (Phi) is 5.85. The van der Waals surface area contributed by atoms with Crippen LogP contribution in [0.4, 0.5) is 22.4 Å². The van der Waals surface area contributed by atoms with Gasteiger partial charge in [0.05, 0.1) is 21.7 Å². The molecule has 0 aliphatic carbocycles. The highest BCUT2D eigenvalue weighted by molar-refractivity contribution is 7.91. The molecule has 1 aromatic heterocycles. The highest BCUT2D eigenvalue weighted by Gasteiger charge is 2.36. The van der Waals surface area contributed by atoms with Crippen molar-refractivity contribution in [2.45, 2.75) is 29.9 Å². The lowest BCUT2D eigenvalue weighted by molar-refractivity contribution is -0.140. The molecular formula is C15H14ClF4N3O3S. The van der Waals surface area contributed by atoms with Crippen LogP contribution in [0.3, 0.4) is 0 Å². The van der Waals surface area contributed by atoms with Crippen molar-refractivity contribution in [3.05, 3.63) is 40.8 Å². The number of amides is 1. The summed E-state index contributed by atoms with van der Waals surface area (Å²) in [5, 5.41) is 2.37. The second-order valence-electron chi connectivity index (χ2n) is 5.32. The summed E-state index contributed by atoms with van der Waals surface area (Å²) in [6.45, 7) is 4.03. The van der Waals surface area contributed by atoms with Gasteiger partial charge in [-0.25, -0.2) is 17.6 Å². The van der Waals surface area contributed by atoms with Crippen LogP contribution in [0.25, 0.3) is 0 Å². The second-order valence-corrected chi connectivity index (χ2v) is 7.60. The Labute approximate surface area is 157 Å². The maximum atomic E-state index is 13.4. The van der Waals surface area contributed by atoms with E-state index in [0.717, 1.165) is 6.20 Å². The van der Waals surface area contributed by atoms with Crippen molar-refractivity contribution in [1.82, 2.24) is 14.7 Å². The molecule has 0 atom stereocenters. The molecule has 0 fully saturated rings. The average Bonchev–Trinajstić information content (AvgIpc) is 2.97. The summed E-state index contributed by atoms with van der Waals surface area (Å²) in [6.07, 6.45) is -4.14. The lowest BCUT2D eigenvalue weighted by Crippen LogP contribution is -2.34. The molecule has 148 valence electrons. The van der Waals surface area contributed by atoms with Gasteiger partial charge in [-0.3, -0.25) is 0 Å². The molecule has 2 rings (SSSR count). The van der Waals surface area contributed by atoms with E-state index in [0.29, 0.717) is 29.9 Å². The predicted octanol–water partition coefficient (Wildman–Crippen LogP) is 3.84. The van der Waals surface area contributed by atoms with Crippen LogP contribution < -0.4 is 0 Å². The predicted molar refractivity (Wildman–Crippen MR) is 87.8 cm³/mol. The van der Waals surface area contributed by atoms with E-state index in [2.05, 4.69) is 5.10 Å². The first kappa shape index (κ1) is 21.2. The van der Waals surface area contributed by atoms with Gasteiger partial charge < -0.3 is 4.90 Å². The fraction of sp³-hybridized carbons (Fsp3) is 0.333. The first-order valence-electron chi connectivity index (χ1n) is 7.59. The second kappa shape index (κ2) is 7.47. The van der Waals surface area contributed by atoms with Crippen molar-refractivity contribution in [3.8, 4) is 0 Å². The molecule has 1 heterocycles. The molecule has 0 saturated carbocycles. The van der Waals surface area contributed by atoms with Gasteiger partial charge in [-0.05, 0) is 32.0 Å². The van der Waals surface area contributed by atoms with Gasteiger partial charge in [0.2, 0.25) is 14.9 Å². The third-order valence-electron chi connectivity index (χ3n) is 3.68. The van der Waals surface area contributed by atoms with E-state index in [9.17, 15) is 30.8 Å². The summed E-state index contributed by atoms with van der Waals surface area (Å²) in [5.41, 5.74) is -1.74. The number of benzene rings is 1. The third kappa shape index (κ3) is 4.08. The van der Waals surface area contributed by atoms with Crippen LogP contribution in [0.1, 0.15) is 19.4 Å². The van der Waals surface area contributed by atoms with E-state index >= 15 is 0 Å². The molecular weight excluding hydrogens is 414 g/mol. The Bertz CT molecular complexity index is 969. The van der Waals surface area contributed by atoms with Crippen LogP contribution in [-0.2, 0) is 16.0 Å². The molecule has 0 aliphatic rings. The number of aromatic nitrogens is 2. The Balaban J connectivity index is 2.54. The van der Waals surface area contributed by atoms with Gasteiger partial charge in [0.1, 0.15) is 5.82 Å². The number of rotatable bonds is 4. The molecule has 0 radical (unpaired) electrons. The quantitative estimate of drug-likeness (QED) is 0.549. The summed E-state index contributed by atoms with van der Waals surface area (Å²) >= 11 is 5.85. The number of carbonyl (C=O) groups is 1. The third-order valence-corrected chi connectivity index (χ3v) is 5.75. The van der Waals surface area contributed by atoms with Crippen molar-refractivity contribution in [2.75, 3.05) is 13.1 Å². The summed E-state index contributed by atoms with van der Waals surface area (Å²) in [6, 6.07) is 0.563. The van der Waals surface area contributed by atoms with Crippen LogP contribution in [0.5, 0.6) is 0 Å². The zero-order chi connectivity index (χ0) is 20.6. The van der Waals surface area contributed by atoms with E-state index < -0.39 is 48.4 Å². The highest BCUT2D eigenvalue weighted by atomic mass is 35.5. The standard InChI is InChI=1S/C15H14ClF4N3O3S/c1-3-22(4-2)14(24)23-8-11(16)13(21-23)27(25,26)9-5-6-12(17)10(7-9)15(18,19)20/h5-8H,3-4H2,1-2H3. The molecule has 0 bridgehead atoms. The monoisotopic (exact) mass is 427 g/mol. The van der Waals surface area contributed by atoms with Gasteiger partial charge in [-0.1, -0.05) is 11.6 Å². The molecule has 2 aromatic rings. The van der Waals surface area contributed by atoms with Gasteiger partial charge in [0, 0.05) is 13.1 Å². The smallest absolute Gasteiger partial charge is 0.323 e. The molecule has 6 nitrogen and oxygen atoms in total. The Morgan fingerprint density at radius 2 is 1.85 bits per heavy atom. The summed E-state index contributed by atoms with van der Waals surface area (Å²) in [4.78, 5) is 12.7. The molecule has 12 heteroatoms. The topological polar surface area (TPSA) is 72.3 Å². The number of carbonyl (C=O) groups excluding carboxylic acids is 1. The normalized spacial score (nSPS) is 12.3. The minimum absolute atomic E-state index is 0.159. The van der Waals surface area contributed by atoms with Gasteiger partial charge in [0.25, 0.3) is 0 Å². The van der Waals surface area contributed by atoms with E-state index in [1.54, 1.807) is 13.8 Å². The van der Waals surface area contributed by atoms with Crippen molar-refractivity contribution in [1.29, 1.82) is 0 Å². The minimum atomic E-state index is -5.09. The summed E-state index contributed by atoms with van der Waals surface area (Å²) in [7, 11) is -4.62. The minimum Gasteiger partial charge on any atom is -0.323 e. The fourth-order valence-corrected chi connectivity index (χ4v) is 3.94. The summed E-state index contributed by atoms with van der Waals surface area (Å²) < 4.78 is 77.9. The molecule has 0 unspecified atom stereocenters. The number of hydrogen-bond acceptors (Lipinski definition) is 4. The molecule has 0 aliphatic heterocycles. The lowest BCUT2D eigenvalue weighted by Gasteiger charge is -2.17. The molecule has 27 heavy (non-hydrogen) atoms. The molecule has 0 saturated heterocycles. The molecule has 0 spiro atoms. The van der Waals surface area contributed by atoms with Gasteiger partial charge >= 0.3 is 12.2 Å². The fourth-order valence-electron chi connectivity index (χ4n) is 2.26. The number of nitrogens with zero attached hydrogens (tertiary/aromatic N) is 3. The number of alkyl halides is 3. The average molecular weight is 428 g/mol. The van der Waals surface area contributed by atoms with Crippen LogP contribution >= 0.6 is 11.6 Å². The lowest BCUT2D eigenvalue weighted by atomic mass is 10.2. The maximum absolute atomic E-state index is 13.4. The SMILES string of the molecule is CCN(CC)C(=O)n1cc(Cl)c(S(=O)(=O)c2ccc(F)c(C(F)(F)F)c2)n1. The van der Waals surface area contributed by atoms with Crippen molar-refractivity contribution in [2.24, 2.45) is 0 Å². The number of sulfone groups is 1. The Hall–Kier alpha value is -2.14. The van der Waals surface area contributed by atoms with Gasteiger partial charge in [0.15, 0.2) is 0 Å². The molecule has 1 aromatic carbocycles. The summed E-state index contributed by atoms with van der Waals surface area (Å²) in [5.74, 6) is -1.62. The van der Waals surface area contributed by atoms with E-state index in [-0.39, 0.29) is 6.07 Å². The first-order chi connectivity index (χ1) is 12.4. The Morgan fingerprint density at radius 3 is 2.37 bits per heavy atom. The van der Waals surface area contributed by atoms with Crippen LogP contribution in [0.2, 0.25) is 5.02 Å². The van der Waals surface area contributed by atoms with Crippen LogP contribution in [0, 0.1) is 5.82 Å². The maximum Gasteiger partial charge on any atom is 0.419 e. The van der Waals surface area contributed by atoms with E-state index in [4.69, 9.17) is 11.6 Å². The highest BCUT2D eigenvalue weighted by Crippen LogP contribution is 2.34. The zero-order valence-electron chi connectivity index (χ0n) is 14.1. The molecule has 1 amide bonds. The van der Waals surface area contributed by atoms with Crippen molar-refractivity contribution < 1.29 is 30.8 Å². The van der Waals surface area contributed by atoms with Gasteiger partial charge in [-0.2, -0.15) is 23.0 Å². The number of halogens is 5. The Morgan fingerprint density at radius 1 is 1.26 bits per heavy atom. The zero-order valence-corrected chi connectivity index (χ0v) is 15.7. The van der Waals surface area contributed by atoms with Crippen LogP contribution in [-0.4, -0.2) is 42.2 Å². The van der Waals surface area contributed by atoms with Crippen LogP contribution in [0.15, 0.2) is 34.3 Å². The van der Waals surface area contributed by atoms with E-state index in [1.165, 1.54) is 4.90 Å². The van der Waals surface area contributed by atoms with Gasteiger partial charge in [-0.15, -0.1) is 0 Å². The molecule has 0 N–H and O–H groups in total.